The zero-order valence-corrected chi connectivity index (χ0v) is 23.0. The van der Waals surface area contributed by atoms with E-state index in [1.165, 1.54) is 0 Å². The van der Waals surface area contributed by atoms with Crippen molar-refractivity contribution >= 4 is 17.3 Å². The minimum absolute atomic E-state index is 0.0262. The summed E-state index contributed by atoms with van der Waals surface area (Å²) in [5.74, 6) is -0.191. The van der Waals surface area contributed by atoms with Crippen LogP contribution in [0.4, 0.5) is 8.78 Å². The third kappa shape index (κ3) is 9.31. The predicted molar refractivity (Wildman–Crippen MR) is 154 cm³/mol. The Bertz CT molecular complexity index is 1140. The largest absolute Gasteiger partial charge is 0.391 e. The molecule has 1 aliphatic carbocycles. The molecule has 1 aliphatic rings. The number of halogens is 2. The van der Waals surface area contributed by atoms with Gasteiger partial charge in [0.2, 0.25) is 0 Å². The van der Waals surface area contributed by atoms with Gasteiger partial charge in [0, 0.05) is 5.92 Å². The van der Waals surface area contributed by atoms with Crippen LogP contribution < -0.4 is 10.6 Å². The highest BCUT2D eigenvalue weighted by Crippen LogP contribution is 2.32. The fraction of sp³-hybridized carbons (Fsp3) is 0.387. The van der Waals surface area contributed by atoms with E-state index in [9.17, 15) is 13.9 Å². The molecule has 3 N–H and O–H groups in total. The molecule has 214 valence electrons. The Hall–Kier alpha value is -2.95. The van der Waals surface area contributed by atoms with Gasteiger partial charge < -0.3 is 30.0 Å². The zero-order chi connectivity index (χ0) is 28.2. The first-order chi connectivity index (χ1) is 19.5. The molecule has 0 spiro atoms. The standard InChI is InChI=1S/C31H36F2N2O4S/c32-27(33)17-34-31(40)35-28-26(36)16-25(21-37-18-22-10-4-1-5-11-22)29(38-19-23-12-6-2-7-13-23)30(28)39-20-24-14-8-3-9-15-24/h1-15,25-30,36H,16-21H2,(H2,34,35,40)/t25-,26+,28+,29-,30-/m1/s1. The van der Waals surface area contributed by atoms with Crippen molar-refractivity contribution < 1.29 is 28.1 Å². The molecular formula is C31H36F2N2O4S. The SMILES string of the molecule is O[C@H]1C[C@H](COCc2ccccc2)[C@@H](OCc2ccccc2)[C@H](OCc2ccccc2)[C@H]1NC(=S)NCC(F)F. The first-order valence-corrected chi connectivity index (χ1v) is 13.8. The second kappa shape index (κ2) is 15.7. The minimum Gasteiger partial charge on any atom is -0.391 e. The van der Waals surface area contributed by atoms with Crippen molar-refractivity contribution in [3.8, 4) is 0 Å². The van der Waals surface area contributed by atoms with Crippen LogP contribution in [0.2, 0.25) is 0 Å². The Morgan fingerprint density at radius 3 is 1.82 bits per heavy atom. The molecule has 0 amide bonds. The molecule has 5 atom stereocenters. The molecule has 40 heavy (non-hydrogen) atoms. The lowest BCUT2D eigenvalue weighted by Crippen LogP contribution is -2.63. The van der Waals surface area contributed by atoms with E-state index in [-0.39, 0.29) is 17.6 Å². The predicted octanol–water partition coefficient (Wildman–Crippen LogP) is 4.85. The van der Waals surface area contributed by atoms with Gasteiger partial charge in [-0.15, -0.1) is 0 Å². The number of hydrogen-bond donors (Lipinski definition) is 3. The third-order valence-electron chi connectivity index (χ3n) is 6.83. The van der Waals surface area contributed by atoms with Gasteiger partial charge in [-0.2, -0.15) is 0 Å². The summed E-state index contributed by atoms with van der Waals surface area (Å²) in [5, 5.41) is 16.8. The van der Waals surface area contributed by atoms with Crippen LogP contribution in [0.1, 0.15) is 23.1 Å². The van der Waals surface area contributed by atoms with Crippen LogP contribution >= 0.6 is 12.2 Å². The minimum atomic E-state index is -2.56. The molecule has 0 aliphatic heterocycles. The first-order valence-electron chi connectivity index (χ1n) is 13.4. The normalized spacial score (nSPS) is 22.6. The topological polar surface area (TPSA) is 72.0 Å². The summed E-state index contributed by atoms with van der Waals surface area (Å²) >= 11 is 5.28. The molecule has 0 unspecified atom stereocenters. The van der Waals surface area contributed by atoms with Crippen LogP contribution in [-0.4, -0.2) is 54.1 Å². The number of aliphatic hydroxyl groups excluding tert-OH is 1. The number of alkyl halides is 2. The Labute approximate surface area is 239 Å². The fourth-order valence-corrected chi connectivity index (χ4v) is 5.08. The molecule has 3 aromatic rings. The Morgan fingerprint density at radius 2 is 1.30 bits per heavy atom. The van der Waals surface area contributed by atoms with Gasteiger partial charge in [-0.3, -0.25) is 0 Å². The average molecular weight is 571 g/mol. The van der Waals surface area contributed by atoms with E-state index >= 15 is 0 Å². The molecule has 9 heteroatoms. The van der Waals surface area contributed by atoms with Crippen molar-refractivity contribution in [3.63, 3.8) is 0 Å². The van der Waals surface area contributed by atoms with E-state index in [0.29, 0.717) is 26.2 Å². The van der Waals surface area contributed by atoms with Crippen LogP contribution in [0.25, 0.3) is 0 Å². The third-order valence-corrected chi connectivity index (χ3v) is 7.09. The fourth-order valence-electron chi connectivity index (χ4n) is 4.86. The van der Waals surface area contributed by atoms with Gasteiger partial charge in [0.15, 0.2) is 5.11 Å². The van der Waals surface area contributed by atoms with Crippen molar-refractivity contribution in [1.29, 1.82) is 0 Å². The van der Waals surface area contributed by atoms with Crippen LogP contribution in [-0.2, 0) is 34.0 Å². The second-order valence-electron chi connectivity index (χ2n) is 9.86. The zero-order valence-electron chi connectivity index (χ0n) is 22.2. The molecule has 3 aromatic carbocycles. The number of ether oxygens (including phenoxy) is 3. The van der Waals surface area contributed by atoms with Gasteiger partial charge in [-0.25, -0.2) is 8.78 Å². The van der Waals surface area contributed by atoms with Crippen LogP contribution in [0, 0.1) is 5.92 Å². The molecule has 1 saturated carbocycles. The van der Waals surface area contributed by atoms with Crippen molar-refractivity contribution in [2.45, 2.75) is 57.0 Å². The second-order valence-corrected chi connectivity index (χ2v) is 10.3. The maximum Gasteiger partial charge on any atom is 0.255 e. The number of thiocarbonyl (C=S) groups is 1. The van der Waals surface area contributed by atoms with Crippen LogP contribution in [0.15, 0.2) is 91.0 Å². The highest BCUT2D eigenvalue weighted by molar-refractivity contribution is 7.80. The Balaban J connectivity index is 1.54. The molecule has 0 heterocycles. The summed E-state index contributed by atoms with van der Waals surface area (Å²) in [4.78, 5) is 0. The molecule has 0 bridgehead atoms. The van der Waals surface area contributed by atoms with E-state index in [4.69, 9.17) is 26.4 Å². The maximum absolute atomic E-state index is 12.8. The highest BCUT2D eigenvalue weighted by atomic mass is 32.1. The van der Waals surface area contributed by atoms with E-state index < -0.39 is 37.3 Å². The van der Waals surface area contributed by atoms with E-state index in [1.54, 1.807) is 0 Å². The van der Waals surface area contributed by atoms with Gasteiger partial charge in [0.25, 0.3) is 6.43 Å². The summed E-state index contributed by atoms with van der Waals surface area (Å²) in [7, 11) is 0. The van der Waals surface area contributed by atoms with Gasteiger partial charge in [0.1, 0.15) is 6.10 Å². The summed E-state index contributed by atoms with van der Waals surface area (Å²) in [6.07, 6.45) is -4.21. The Morgan fingerprint density at radius 1 is 0.800 bits per heavy atom. The van der Waals surface area contributed by atoms with Gasteiger partial charge in [0.05, 0.1) is 51.2 Å². The average Bonchev–Trinajstić information content (AvgIpc) is 2.97. The van der Waals surface area contributed by atoms with Crippen molar-refractivity contribution in [2.24, 2.45) is 5.92 Å². The molecule has 0 aromatic heterocycles. The van der Waals surface area contributed by atoms with E-state index in [0.717, 1.165) is 16.7 Å². The molecular weight excluding hydrogens is 534 g/mol. The number of benzene rings is 3. The van der Waals surface area contributed by atoms with Crippen LogP contribution in [0.3, 0.4) is 0 Å². The number of hydrogen-bond acceptors (Lipinski definition) is 5. The summed E-state index contributed by atoms with van der Waals surface area (Å²) in [6, 6.07) is 28.7. The number of rotatable bonds is 13. The number of aliphatic hydroxyl groups is 1. The molecule has 4 rings (SSSR count). The maximum atomic E-state index is 12.8. The number of nitrogens with one attached hydrogen (secondary N) is 2. The van der Waals surface area contributed by atoms with Gasteiger partial charge >= 0.3 is 0 Å². The lowest BCUT2D eigenvalue weighted by Gasteiger charge is -2.45. The molecule has 1 fully saturated rings. The van der Waals surface area contributed by atoms with E-state index in [2.05, 4.69) is 10.6 Å². The molecule has 6 nitrogen and oxygen atoms in total. The van der Waals surface area contributed by atoms with Gasteiger partial charge in [-0.05, 0) is 35.3 Å². The molecule has 0 radical (unpaired) electrons. The lowest BCUT2D eigenvalue weighted by atomic mass is 9.79. The van der Waals surface area contributed by atoms with Crippen molar-refractivity contribution in [1.82, 2.24) is 10.6 Å². The Kier molecular flexibility index (Phi) is 11.8. The smallest absolute Gasteiger partial charge is 0.255 e. The molecule has 0 saturated heterocycles. The highest BCUT2D eigenvalue weighted by Gasteiger charge is 2.46. The first kappa shape index (κ1) is 30.0. The van der Waals surface area contributed by atoms with Crippen LogP contribution in [0.5, 0.6) is 0 Å². The quantitative estimate of drug-likeness (QED) is 0.254. The lowest BCUT2D eigenvalue weighted by molar-refractivity contribution is -0.172. The summed E-state index contributed by atoms with van der Waals surface area (Å²) in [5.41, 5.74) is 3.00. The van der Waals surface area contributed by atoms with E-state index in [1.807, 2.05) is 91.0 Å². The van der Waals surface area contributed by atoms with Crippen molar-refractivity contribution in [3.05, 3.63) is 108 Å². The summed E-state index contributed by atoms with van der Waals surface area (Å²) < 4.78 is 44.6. The monoisotopic (exact) mass is 570 g/mol. The summed E-state index contributed by atoms with van der Waals surface area (Å²) in [6.45, 7) is 0.794. The van der Waals surface area contributed by atoms with Crippen molar-refractivity contribution in [2.75, 3.05) is 13.2 Å². The van der Waals surface area contributed by atoms with Gasteiger partial charge in [-0.1, -0.05) is 91.0 Å².